The maximum absolute atomic E-state index is 10.9. The van der Waals surface area contributed by atoms with Crippen LogP contribution in [0, 0.1) is 11.3 Å². The summed E-state index contributed by atoms with van der Waals surface area (Å²) in [6.07, 6.45) is 4.71. The van der Waals surface area contributed by atoms with Crippen LogP contribution in [0.2, 0.25) is 0 Å². The summed E-state index contributed by atoms with van der Waals surface area (Å²) in [5, 5.41) is 8.96. The topological polar surface area (TPSA) is 37.3 Å². The Labute approximate surface area is 93.6 Å². The molecule has 1 unspecified atom stereocenters. The van der Waals surface area contributed by atoms with E-state index in [4.69, 9.17) is 5.11 Å². The molecule has 0 radical (unpaired) electrons. The van der Waals surface area contributed by atoms with Gasteiger partial charge in [-0.1, -0.05) is 55.5 Å². The maximum Gasteiger partial charge on any atom is 0.310 e. The fourth-order valence-electron chi connectivity index (χ4n) is 1.04. The fourth-order valence-corrected chi connectivity index (χ4v) is 1.40. The van der Waals surface area contributed by atoms with Gasteiger partial charge in [0.2, 0.25) is 0 Å². The Bertz CT molecular complexity index is 192. The summed E-state index contributed by atoms with van der Waals surface area (Å²) in [6.45, 7) is 5.83. The molecule has 0 rings (SSSR count). The lowest BCUT2D eigenvalue weighted by Gasteiger charge is -2.24. The molecule has 76 valence electrons. The van der Waals surface area contributed by atoms with E-state index in [1.165, 1.54) is 0 Å². The van der Waals surface area contributed by atoms with Gasteiger partial charge < -0.3 is 5.11 Å². The SMILES string of the molecule is CC(C)(C)C(C=CCCI)C(=O)O. The van der Waals surface area contributed by atoms with E-state index in [-0.39, 0.29) is 11.3 Å². The lowest BCUT2D eigenvalue weighted by Crippen LogP contribution is -2.26. The highest BCUT2D eigenvalue weighted by molar-refractivity contribution is 14.1. The summed E-state index contributed by atoms with van der Waals surface area (Å²) in [5.74, 6) is -1.12. The van der Waals surface area contributed by atoms with Crippen molar-refractivity contribution in [1.29, 1.82) is 0 Å². The van der Waals surface area contributed by atoms with Gasteiger partial charge in [0, 0.05) is 4.43 Å². The summed E-state index contributed by atoms with van der Waals surface area (Å²) in [7, 11) is 0. The molecule has 0 saturated carbocycles. The molecule has 0 aliphatic rings. The highest BCUT2D eigenvalue weighted by Crippen LogP contribution is 2.27. The zero-order valence-corrected chi connectivity index (χ0v) is 10.5. The minimum atomic E-state index is -0.739. The second-order valence-corrected chi connectivity index (χ2v) is 5.17. The third-order valence-electron chi connectivity index (χ3n) is 1.80. The Morgan fingerprint density at radius 2 is 2.08 bits per heavy atom. The predicted molar refractivity (Wildman–Crippen MR) is 63.2 cm³/mol. The van der Waals surface area contributed by atoms with Crippen LogP contribution < -0.4 is 0 Å². The van der Waals surface area contributed by atoms with Crippen LogP contribution in [0.3, 0.4) is 0 Å². The van der Waals surface area contributed by atoms with E-state index in [1.807, 2.05) is 26.8 Å². The molecule has 0 aliphatic heterocycles. The molecule has 3 heteroatoms. The number of carbonyl (C=O) groups is 1. The van der Waals surface area contributed by atoms with Crippen LogP contribution in [0.15, 0.2) is 12.2 Å². The van der Waals surface area contributed by atoms with Crippen molar-refractivity contribution in [3.8, 4) is 0 Å². The molecule has 2 nitrogen and oxygen atoms in total. The third-order valence-corrected chi connectivity index (χ3v) is 2.43. The van der Waals surface area contributed by atoms with Gasteiger partial charge in [0.15, 0.2) is 0 Å². The molecule has 13 heavy (non-hydrogen) atoms. The van der Waals surface area contributed by atoms with E-state index in [0.29, 0.717) is 0 Å². The Kier molecular flexibility index (Phi) is 5.60. The highest BCUT2D eigenvalue weighted by Gasteiger charge is 2.28. The number of hydrogen-bond acceptors (Lipinski definition) is 1. The van der Waals surface area contributed by atoms with E-state index < -0.39 is 5.97 Å². The van der Waals surface area contributed by atoms with E-state index in [1.54, 1.807) is 6.08 Å². The van der Waals surface area contributed by atoms with Crippen LogP contribution in [0.1, 0.15) is 27.2 Å². The minimum absolute atomic E-state index is 0.201. The van der Waals surface area contributed by atoms with Crippen LogP contribution in [-0.2, 0) is 4.79 Å². The van der Waals surface area contributed by atoms with Crippen LogP contribution >= 0.6 is 22.6 Å². The second kappa shape index (κ2) is 5.62. The number of carboxylic acids is 1. The summed E-state index contributed by atoms with van der Waals surface area (Å²) in [6, 6.07) is 0. The van der Waals surface area contributed by atoms with Crippen molar-refractivity contribution in [2.45, 2.75) is 27.2 Å². The molecule has 0 fully saturated rings. The van der Waals surface area contributed by atoms with Gasteiger partial charge in [0.1, 0.15) is 0 Å². The Morgan fingerprint density at radius 3 is 2.38 bits per heavy atom. The van der Waals surface area contributed by atoms with Gasteiger partial charge in [0.05, 0.1) is 5.92 Å². The van der Waals surface area contributed by atoms with Crippen molar-refractivity contribution >= 4 is 28.6 Å². The monoisotopic (exact) mass is 296 g/mol. The number of aliphatic carboxylic acids is 1. The molecule has 0 saturated heterocycles. The molecule has 0 spiro atoms. The van der Waals surface area contributed by atoms with Crippen LogP contribution in [0.25, 0.3) is 0 Å². The number of carboxylic acid groups (broad SMARTS) is 1. The van der Waals surface area contributed by atoms with Crippen molar-refractivity contribution in [1.82, 2.24) is 0 Å². The molecule has 0 aromatic carbocycles. The quantitative estimate of drug-likeness (QED) is 0.492. The van der Waals surface area contributed by atoms with E-state index in [2.05, 4.69) is 22.6 Å². The summed E-state index contributed by atoms with van der Waals surface area (Å²) in [4.78, 5) is 10.9. The number of hydrogen-bond donors (Lipinski definition) is 1. The average molecular weight is 296 g/mol. The van der Waals surface area contributed by atoms with Gasteiger partial charge in [-0.2, -0.15) is 0 Å². The van der Waals surface area contributed by atoms with Gasteiger partial charge in [-0.25, -0.2) is 0 Å². The van der Waals surface area contributed by atoms with Crippen molar-refractivity contribution in [2.75, 3.05) is 4.43 Å². The zero-order chi connectivity index (χ0) is 10.5. The van der Waals surface area contributed by atoms with E-state index >= 15 is 0 Å². The lowest BCUT2D eigenvalue weighted by molar-refractivity contribution is -0.143. The van der Waals surface area contributed by atoms with Gasteiger partial charge in [0.25, 0.3) is 0 Å². The number of rotatable bonds is 4. The van der Waals surface area contributed by atoms with Gasteiger partial charge in [-0.15, -0.1) is 0 Å². The molecule has 0 aromatic heterocycles. The minimum Gasteiger partial charge on any atom is -0.481 e. The smallest absolute Gasteiger partial charge is 0.310 e. The molecule has 0 heterocycles. The van der Waals surface area contributed by atoms with Crippen molar-refractivity contribution in [3.05, 3.63) is 12.2 Å². The third kappa shape index (κ3) is 5.29. The molecule has 0 aromatic rings. The fraction of sp³-hybridized carbons (Fsp3) is 0.700. The van der Waals surface area contributed by atoms with Gasteiger partial charge in [-0.3, -0.25) is 4.79 Å². The molecule has 0 aliphatic carbocycles. The van der Waals surface area contributed by atoms with Crippen molar-refractivity contribution in [2.24, 2.45) is 11.3 Å². The standard InChI is InChI=1S/C10H17IO2/c1-10(2,3)8(9(12)13)6-4-5-7-11/h4,6,8H,5,7H2,1-3H3,(H,12,13). The molecule has 1 N–H and O–H groups in total. The summed E-state index contributed by atoms with van der Waals surface area (Å²) < 4.78 is 1.03. The molecular weight excluding hydrogens is 279 g/mol. The first kappa shape index (κ1) is 12.9. The second-order valence-electron chi connectivity index (χ2n) is 4.09. The molecule has 0 bridgehead atoms. The number of alkyl halides is 1. The van der Waals surface area contributed by atoms with Crippen molar-refractivity contribution < 1.29 is 9.90 Å². The van der Waals surface area contributed by atoms with Crippen LogP contribution in [0.5, 0.6) is 0 Å². The summed E-state index contributed by atoms with van der Waals surface area (Å²) in [5.41, 5.74) is -0.201. The Morgan fingerprint density at radius 1 is 1.54 bits per heavy atom. The Hall–Kier alpha value is -0.0600. The number of halogens is 1. The largest absolute Gasteiger partial charge is 0.481 e. The molecule has 0 amide bonds. The lowest BCUT2D eigenvalue weighted by atomic mass is 9.80. The van der Waals surface area contributed by atoms with E-state index in [9.17, 15) is 4.79 Å². The predicted octanol–water partition coefficient (Wildman–Crippen LogP) is 3.11. The van der Waals surface area contributed by atoms with E-state index in [0.717, 1.165) is 10.8 Å². The van der Waals surface area contributed by atoms with Crippen LogP contribution in [0.4, 0.5) is 0 Å². The molecular formula is C10H17IO2. The first-order chi connectivity index (χ1) is 5.89. The first-order valence-corrected chi connectivity index (χ1v) is 5.87. The van der Waals surface area contributed by atoms with Crippen molar-refractivity contribution in [3.63, 3.8) is 0 Å². The maximum atomic E-state index is 10.9. The Balaban J connectivity index is 4.36. The zero-order valence-electron chi connectivity index (χ0n) is 8.38. The normalized spacial score (nSPS) is 14.8. The highest BCUT2D eigenvalue weighted by atomic mass is 127. The average Bonchev–Trinajstić information content (AvgIpc) is 1.94. The number of allylic oxidation sites excluding steroid dienone is 1. The summed E-state index contributed by atoms with van der Waals surface area (Å²) >= 11 is 2.27. The van der Waals surface area contributed by atoms with Crippen LogP contribution in [-0.4, -0.2) is 15.5 Å². The first-order valence-electron chi connectivity index (χ1n) is 4.35. The van der Waals surface area contributed by atoms with Gasteiger partial charge in [-0.05, 0) is 11.8 Å². The van der Waals surface area contributed by atoms with Gasteiger partial charge >= 0.3 is 5.97 Å². The molecule has 1 atom stereocenters.